The molecule has 25 heavy (non-hydrogen) atoms. The molecule has 0 spiro atoms. The number of nitrogens with one attached hydrogen (secondary N) is 1. The first-order valence-corrected chi connectivity index (χ1v) is 9.05. The standard InChI is InChI=1S/C19H23N3O2S/c1-12-13(2)25-18-16(12)17(24)20-15(21-18)10-22(4)19(3,11-23)14-8-6-5-7-9-14/h5-9,23H,10-11H2,1-4H3,(H,20,21,24)/t19-/m1/s1. The predicted octanol–water partition coefficient (Wildman–Crippen LogP) is 2.94. The molecule has 0 saturated heterocycles. The van der Waals surface area contributed by atoms with Gasteiger partial charge < -0.3 is 10.1 Å². The van der Waals surface area contributed by atoms with E-state index in [-0.39, 0.29) is 12.2 Å². The summed E-state index contributed by atoms with van der Waals surface area (Å²) < 4.78 is 0. The fourth-order valence-electron chi connectivity index (χ4n) is 3.00. The summed E-state index contributed by atoms with van der Waals surface area (Å²) in [7, 11) is 1.93. The number of hydrogen-bond acceptors (Lipinski definition) is 5. The van der Waals surface area contributed by atoms with E-state index in [1.165, 1.54) is 0 Å². The number of aromatic amines is 1. The summed E-state index contributed by atoms with van der Waals surface area (Å²) in [6, 6.07) is 9.87. The van der Waals surface area contributed by atoms with Gasteiger partial charge in [0.1, 0.15) is 10.7 Å². The van der Waals surface area contributed by atoms with Gasteiger partial charge in [0.05, 0.1) is 24.1 Å². The highest BCUT2D eigenvalue weighted by atomic mass is 32.1. The third-order valence-electron chi connectivity index (χ3n) is 5.02. The normalized spacial score (nSPS) is 14.2. The smallest absolute Gasteiger partial charge is 0.259 e. The number of rotatable bonds is 5. The van der Waals surface area contributed by atoms with Gasteiger partial charge >= 0.3 is 0 Å². The highest BCUT2D eigenvalue weighted by molar-refractivity contribution is 7.18. The van der Waals surface area contributed by atoms with E-state index < -0.39 is 5.54 Å². The van der Waals surface area contributed by atoms with E-state index in [1.807, 2.05) is 63.1 Å². The van der Waals surface area contributed by atoms with Gasteiger partial charge in [-0.3, -0.25) is 9.69 Å². The van der Waals surface area contributed by atoms with Crippen LogP contribution in [0.15, 0.2) is 35.1 Å². The number of aromatic nitrogens is 2. The SMILES string of the molecule is Cc1sc2nc(CN(C)[C@](C)(CO)c3ccccc3)[nH]c(=O)c2c1C. The third-order valence-corrected chi connectivity index (χ3v) is 6.12. The Hall–Kier alpha value is -2.02. The van der Waals surface area contributed by atoms with Crippen molar-refractivity contribution in [3.63, 3.8) is 0 Å². The lowest BCUT2D eigenvalue weighted by Gasteiger charge is -2.37. The molecule has 0 saturated carbocycles. The molecule has 1 aromatic carbocycles. The minimum atomic E-state index is -0.559. The molecule has 0 bridgehead atoms. The van der Waals surface area contributed by atoms with Gasteiger partial charge in [0.15, 0.2) is 0 Å². The quantitative estimate of drug-likeness (QED) is 0.737. The summed E-state index contributed by atoms with van der Waals surface area (Å²) in [6.45, 7) is 6.35. The molecule has 0 amide bonds. The van der Waals surface area contributed by atoms with Crippen molar-refractivity contribution >= 4 is 21.6 Å². The van der Waals surface area contributed by atoms with Crippen LogP contribution in [-0.2, 0) is 12.1 Å². The average Bonchev–Trinajstić information content (AvgIpc) is 2.89. The molecule has 5 nitrogen and oxygen atoms in total. The third kappa shape index (κ3) is 3.13. The lowest BCUT2D eigenvalue weighted by molar-refractivity contribution is 0.0540. The van der Waals surface area contributed by atoms with E-state index >= 15 is 0 Å². The van der Waals surface area contributed by atoms with Gasteiger partial charge in [-0.05, 0) is 38.9 Å². The maximum absolute atomic E-state index is 12.4. The summed E-state index contributed by atoms with van der Waals surface area (Å²) in [5.74, 6) is 0.608. The zero-order valence-electron chi connectivity index (χ0n) is 15.0. The van der Waals surface area contributed by atoms with Gasteiger partial charge in [0.2, 0.25) is 0 Å². The second-order valence-electron chi connectivity index (χ2n) is 6.63. The van der Waals surface area contributed by atoms with Gasteiger partial charge in [-0.1, -0.05) is 30.3 Å². The van der Waals surface area contributed by atoms with Gasteiger partial charge in [-0.25, -0.2) is 4.98 Å². The van der Waals surface area contributed by atoms with E-state index in [2.05, 4.69) is 9.97 Å². The Labute approximate surface area is 151 Å². The van der Waals surface area contributed by atoms with Crippen LogP contribution < -0.4 is 5.56 Å². The van der Waals surface area contributed by atoms with Crippen LogP contribution in [-0.4, -0.2) is 33.6 Å². The van der Waals surface area contributed by atoms with Crippen molar-refractivity contribution in [1.29, 1.82) is 0 Å². The Morgan fingerprint density at radius 3 is 2.60 bits per heavy atom. The average molecular weight is 357 g/mol. The van der Waals surface area contributed by atoms with E-state index in [9.17, 15) is 9.90 Å². The summed E-state index contributed by atoms with van der Waals surface area (Å²) in [5, 5.41) is 10.7. The van der Waals surface area contributed by atoms with E-state index in [0.717, 1.165) is 20.8 Å². The number of H-pyrrole nitrogens is 1. The molecule has 6 heteroatoms. The Balaban J connectivity index is 1.96. The Morgan fingerprint density at radius 1 is 1.28 bits per heavy atom. The summed E-state index contributed by atoms with van der Waals surface area (Å²) >= 11 is 1.54. The first kappa shape index (κ1) is 17.8. The second-order valence-corrected chi connectivity index (χ2v) is 7.83. The number of hydrogen-bond donors (Lipinski definition) is 2. The second kappa shape index (κ2) is 6.71. The molecule has 132 valence electrons. The fourth-order valence-corrected chi connectivity index (χ4v) is 4.05. The topological polar surface area (TPSA) is 69.2 Å². The number of nitrogens with zero attached hydrogens (tertiary/aromatic N) is 2. The highest BCUT2D eigenvalue weighted by Crippen LogP contribution is 2.29. The van der Waals surface area contributed by atoms with Crippen LogP contribution in [0.3, 0.4) is 0 Å². The van der Waals surface area contributed by atoms with Gasteiger partial charge in [0, 0.05) is 4.88 Å². The molecule has 3 aromatic rings. The van der Waals surface area contributed by atoms with Crippen molar-refractivity contribution in [2.75, 3.05) is 13.7 Å². The van der Waals surface area contributed by atoms with Crippen molar-refractivity contribution in [2.45, 2.75) is 32.9 Å². The molecule has 0 fully saturated rings. The van der Waals surface area contributed by atoms with Crippen LogP contribution in [0.1, 0.15) is 28.8 Å². The Bertz CT molecular complexity index is 948. The monoisotopic (exact) mass is 357 g/mol. The summed E-state index contributed by atoms with van der Waals surface area (Å²) in [6.07, 6.45) is 0. The van der Waals surface area contributed by atoms with Crippen LogP contribution in [0.4, 0.5) is 0 Å². The number of thiophene rings is 1. The number of aryl methyl sites for hydroxylation is 2. The molecule has 3 rings (SSSR count). The first-order valence-electron chi connectivity index (χ1n) is 8.23. The molecule has 0 radical (unpaired) electrons. The van der Waals surface area contributed by atoms with E-state index in [1.54, 1.807) is 11.3 Å². The minimum absolute atomic E-state index is 0.0305. The summed E-state index contributed by atoms with van der Waals surface area (Å²) in [4.78, 5) is 23.9. The fraction of sp³-hybridized carbons (Fsp3) is 0.368. The first-order chi connectivity index (χ1) is 11.9. The molecular weight excluding hydrogens is 334 g/mol. The number of fused-ring (bicyclic) bond motifs is 1. The maximum atomic E-state index is 12.4. The highest BCUT2D eigenvalue weighted by Gasteiger charge is 2.31. The number of likely N-dealkylation sites (N-methyl/N-ethyl adjacent to an activating group) is 1. The van der Waals surface area contributed by atoms with Crippen molar-refractivity contribution in [3.05, 3.63) is 62.5 Å². The van der Waals surface area contributed by atoms with Crippen LogP contribution in [0.5, 0.6) is 0 Å². The zero-order valence-corrected chi connectivity index (χ0v) is 15.8. The molecule has 0 aliphatic heterocycles. The zero-order chi connectivity index (χ0) is 18.2. The molecule has 0 aliphatic carbocycles. The van der Waals surface area contributed by atoms with Crippen LogP contribution in [0.25, 0.3) is 10.2 Å². The van der Waals surface area contributed by atoms with E-state index in [4.69, 9.17) is 0 Å². The van der Waals surface area contributed by atoms with E-state index in [0.29, 0.717) is 17.8 Å². The lowest BCUT2D eigenvalue weighted by Crippen LogP contribution is -2.44. The molecular formula is C19H23N3O2S. The molecule has 1 atom stereocenters. The molecule has 0 unspecified atom stereocenters. The van der Waals surface area contributed by atoms with Gasteiger partial charge in [-0.15, -0.1) is 11.3 Å². The van der Waals surface area contributed by atoms with Crippen molar-refractivity contribution < 1.29 is 5.11 Å². The molecule has 2 heterocycles. The summed E-state index contributed by atoms with van der Waals surface area (Å²) in [5.41, 5.74) is 1.36. The predicted molar refractivity (Wildman–Crippen MR) is 102 cm³/mol. The van der Waals surface area contributed by atoms with Crippen LogP contribution >= 0.6 is 11.3 Å². The lowest BCUT2D eigenvalue weighted by atomic mass is 9.91. The largest absolute Gasteiger partial charge is 0.394 e. The molecule has 0 aliphatic rings. The van der Waals surface area contributed by atoms with Gasteiger partial charge in [0.25, 0.3) is 5.56 Å². The van der Waals surface area contributed by atoms with Gasteiger partial charge in [-0.2, -0.15) is 0 Å². The number of benzene rings is 1. The van der Waals surface area contributed by atoms with Crippen LogP contribution in [0, 0.1) is 13.8 Å². The van der Waals surface area contributed by atoms with Crippen molar-refractivity contribution in [1.82, 2.24) is 14.9 Å². The number of aliphatic hydroxyl groups is 1. The van der Waals surface area contributed by atoms with Crippen LogP contribution in [0.2, 0.25) is 0 Å². The molecule has 2 aromatic heterocycles. The molecule has 2 N–H and O–H groups in total. The maximum Gasteiger partial charge on any atom is 0.259 e. The number of aliphatic hydroxyl groups excluding tert-OH is 1. The van der Waals surface area contributed by atoms with Crippen molar-refractivity contribution in [2.24, 2.45) is 0 Å². The van der Waals surface area contributed by atoms with Crippen molar-refractivity contribution in [3.8, 4) is 0 Å². The Morgan fingerprint density at radius 2 is 1.96 bits per heavy atom. The minimum Gasteiger partial charge on any atom is -0.394 e. The Kier molecular flexibility index (Phi) is 4.77.